The third-order valence-electron chi connectivity index (χ3n) is 3.98. The minimum Gasteiger partial charge on any atom is -0.481 e. The number of fused-ring (bicyclic) bond motifs is 1. The van der Waals surface area contributed by atoms with Gasteiger partial charge in [-0.05, 0) is 38.0 Å². The lowest BCUT2D eigenvalue weighted by Crippen LogP contribution is -2.41. The van der Waals surface area contributed by atoms with Crippen molar-refractivity contribution in [3.63, 3.8) is 0 Å². The lowest BCUT2D eigenvalue weighted by molar-refractivity contribution is -0.153. The first-order valence-electron chi connectivity index (χ1n) is 5.82. The van der Waals surface area contributed by atoms with E-state index < -0.39 is 11.4 Å². The van der Waals surface area contributed by atoms with E-state index in [1.807, 2.05) is 6.92 Å². The Labute approximate surface area is 90.8 Å². The van der Waals surface area contributed by atoms with Gasteiger partial charge in [-0.3, -0.25) is 4.79 Å². The van der Waals surface area contributed by atoms with Crippen LogP contribution in [0.3, 0.4) is 0 Å². The summed E-state index contributed by atoms with van der Waals surface area (Å²) in [6.07, 6.45) is 3.22. The zero-order valence-corrected chi connectivity index (χ0v) is 9.69. The van der Waals surface area contributed by atoms with Crippen LogP contribution in [0.4, 0.5) is 0 Å². The second kappa shape index (κ2) is 3.48. The van der Waals surface area contributed by atoms with E-state index in [9.17, 15) is 9.90 Å². The summed E-state index contributed by atoms with van der Waals surface area (Å²) >= 11 is 0. The Morgan fingerprint density at radius 2 is 2.20 bits per heavy atom. The van der Waals surface area contributed by atoms with Crippen LogP contribution in [0.1, 0.15) is 40.0 Å². The Morgan fingerprint density at radius 1 is 1.53 bits per heavy atom. The van der Waals surface area contributed by atoms with Crippen LogP contribution in [-0.2, 0) is 9.53 Å². The summed E-state index contributed by atoms with van der Waals surface area (Å²) in [7, 11) is 0. The number of carboxylic acids is 1. The van der Waals surface area contributed by atoms with E-state index in [4.69, 9.17) is 4.74 Å². The average Bonchev–Trinajstić information content (AvgIpc) is 2.81. The summed E-state index contributed by atoms with van der Waals surface area (Å²) in [6, 6.07) is 0. The van der Waals surface area contributed by atoms with E-state index in [1.54, 1.807) is 0 Å². The van der Waals surface area contributed by atoms with Gasteiger partial charge in [-0.2, -0.15) is 0 Å². The molecule has 15 heavy (non-hydrogen) atoms. The predicted octanol–water partition coefficient (Wildman–Crippen LogP) is 2.30. The molecule has 4 atom stereocenters. The molecule has 3 nitrogen and oxygen atoms in total. The second-order valence-corrected chi connectivity index (χ2v) is 5.70. The zero-order chi connectivity index (χ0) is 11.2. The van der Waals surface area contributed by atoms with E-state index in [0.717, 1.165) is 12.8 Å². The first-order chi connectivity index (χ1) is 6.93. The van der Waals surface area contributed by atoms with Crippen LogP contribution < -0.4 is 0 Å². The number of hydrogen-bond donors (Lipinski definition) is 1. The molecule has 0 radical (unpaired) electrons. The smallest absolute Gasteiger partial charge is 0.309 e. The fraction of sp³-hybridized carbons (Fsp3) is 0.917. The number of ether oxygens (including phenoxy) is 1. The predicted molar refractivity (Wildman–Crippen MR) is 56.6 cm³/mol. The van der Waals surface area contributed by atoms with Crippen molar-refractivity contribution < 1.29 is 14.6 Å². The fourth-order valence-electron chi connectivity index (χ4n) is 2.88. The maximum Gasteiger partial charge on any atom is 0.309 e. The molecular weight excluding hydrogens is 192 g/mol. The van der Waals surface area contributed by atoms with E-state index >= 15 is 0 Å². The van der Waals surface area contributed by atoms with Crippen LogP contribution in [0.2, 0.25) is 0 Å². The van der Waals surface area contributed by atoms with Gasteiger partial charge in [0.2, 0.25) is 0 Å². The SMILES string of the molecule is CC(C)CC1CC2OC2CC1(C)C(=O)O. The molecular formula is C12H20O3. The molecule has 1 heterocycles. The summed E-state index contributed by atoms with van der Waals surface area (Å²) in [4.78, 5) is 11.4. The van der Waals surface area contributed by atoms with Crippen molar-refractivity contribution in [3.05, 3.63) is 0 Å². The summed E-state index contributed by atoms with van der Waals surface area (Å²) in [5.41, 5.74) is -0.568. The van der Waals surface area contributed by atoms with Crippen molar-refractivity contribution in [2.24, 2.45) is 17.3 Å². The third-order valence-corrected chi connectivity index (χ3v) is 3.98. The normalized spacial score (nSPS) is 43.9. The lowest BCUT2D eigenvalue weighted by Gasteiger charge is -2.37. The highest BCUT2D eigenvalue weighted by Gasteiger charge is 2.56. The van der Waals surface area contributed by atoms with Crippen molar-refractivity contribution in [2.45, 2.75) is 52.2 Å². The molecule has 86 valence electrons. The monoisotopic (exact) mass is 212 g/mol. The largest absolute Gasteiger partial charge is 0.481 e. The van der Waals surface area contributed by atoms with E-state index in [2.05, 4.69) is 13.8 Å². The summed E-state index contributed by atoms with van der Waals surface area (Å²) < 4.78 is 5.47. The third kappa shape index (κ3) is 1.89. The van der Waals surface area contributed by atoms with Gasteiger partial charge in [-0.15, -0.1) is 0 Å². The zero-order valence-electron chi connectivity index (χ0n) is 9.69. The molecule has 1 N–H and O–H groups in total. The van der Waals surface area contributed by atoms with Crippen molar-refractivity contribution in [1.29, 1.82) is 0 Å². The number of hydrogen-bond acceptors (Lipinski definition) is 2. The van der Waals surface area contributed by atoms with Crippen molar-refractivity contribution in [1.82, 2.24) is 0 Å². The maximum absolute atomic E-state index is 11.4. The van der Waals surface area contributed by atoms with Crippen molar-refractivity contribution in [2.75, 3.05) is 0 Å². The lowest BCUT2D eigenvalue weighted by atomic mass is 9.65. The molecule has 2 fully saturated rings. The van der Waals surface area contributed by atoms with Crippen molar-refractivity contribution in [3.8, 4) is 0 Å². The highest BCUT2D eigenvalue weighted by molar-refractivity contribution is 5.75. The molecule has 0 amide bonds. The number of aliphatic carboxylic acids is 1. The number of epoxide rings is 1. The van der Waals surface area contributed by atoms with Gasteiger partial charge < -0.3 is 9.84 Å². The first-order valence-corrected chi connectivity index (χ1v) is 5.82. The highest BCUT2D eigenvalue weighted by Crippen LogP contribution is 2.51. The molecule has 3 heteroatoms. The quantitative estimate of drug-likeness (QED) is 0.730. The molecule has 2 aliphatic rings. The molecule has 1 aliphatic carbocycles. The molecule has 0 aromatic carbocycles. The molecule has 0 aromatic heterocycles. The second-order valence-electron chi connectivity index (χ2n) is 5.70. The Hall–Kier alpha value is -0.570. The van der Waals surface area contributed by atoms with Gasteiger partial charge in [0.25, 0.3) is 0 Å². The Morgan fingerprint density at radius 3 is 2.73 bits per heavy atom. The van der Waals surface area contributed by atoms with Crippen molar-refractivity contribution >= 4 is 5.97 Å². The highest BCUT2D eigenvalue weighted by atomic mass is 16.6. The Balaban J connectivity index is 2.13. The molecule has 1 saturated heterocycles. The van der Waals surface area contributed by atoms with Crippen LogP contribution in [0.15, 0.2) is 0 Å². The van der Waals surface area contributed by atoms with Crippen LogP contribution in [0, 0.1) is 17.3 Å². The minimum atomic E-state index is -0.651. The van der Waals surface area contributed by atoms with Gasteiger partial charge in [0.1, 0.15) is 0 Å². The molecule has 4 unspecified atom stereocenters. The van der Waals surface area contributed by atoms with Gasteiger partial charge in [0.05, 0.1) is 17.6 Å². The molecule has 0 aromatic rings. The topological polar surface area (TPSA) is 49.8 Å². The summed E-state index contributed by atoms with van der Waals surface area (Å²) in [5, 5.41) is 9.36. The van der Waals surface area contributed by atoms with Gasteiger partial charge >= 0.3 is 5.97 Å². The van der Waals surface area contributed by atoms with Crippen LogP contribution in [0.25, 0.3) is 0 Å². The molecule has 1 aliphatic heterocycles. The summed E-state index contributed by atoms with van der Waals surface area (Å²) in [6.45, 7) is 6.20. The summed E-state index contributed by atoms with van der Waals surface area (Å²) in [5.74, 6) is 0.185. The van der Waals surface area contributed by atoms with E-state index in [1.165, 1.54) is 0 Å². The molecule has 1 saturated carbocycles. The van der Waals surface area contributed by atoms with Crippen LogP contribution in [0.5, 0.6) is 0 Å². The van der Waals surface area contributed by atoms with E-state index in [-0.39, 0.29) is 12.0 Å². The standard InChI is InChI=1S/C12H20O3/c1-7(2)4-8-5-9-10(15-9)6-12(8,3)11(13)14/h7-10H,4-6H2,1-3H3,(H,13,14). The maximum atomic E-state index is 11.4. The van der Waals surface area contributed by atoms with Gasteiger partial charge in [0, 0.05) is 0 Å². The molecule has 0 bridgehead atoms. The van der Waals surface area contributed by atoms with Gasteiger partial charge in [0.15, 0.2) is 0 Å². The average molecular weight is 212 g/mol. The van der Waals surface area contributed by atoms with E-state index in [0.29, 0.717) is 18.4 Å². The van der Waals surface area contributed by atoms with Crippen LogP contribution >= 0.6 is 0 Å². The minimum absolute atomic E-state index is 0.231. The molecule has 0 spiro atoms. The molecule has 2 rings (SSSR count). The number of rotatable bonds is 3. The Bertz CT molecular complexity index is 272. The van der Waals surface area contributed by atoms with Gasteiger partial charge in [-0.1, -0.05) is 13.8 Å². The van der Waals surface area contributed by atoms with Crippen LogP contribution in [-0.4, -0.2) is 23.3 Å². The number of carbonyl (C=O) groups is 1. The Kier molecular flexibility index (Phi) is 2.53. The fourth-order valence-corrected chi connectivity index (χ4v) is 2.88. The first kappa shape index (κ1) is 10.9. The van der Waals surface area contributed by atoms with Gasteiger partial charge in [-0.25, -0.2) is 0 Å². The number of carboxylic acid groups (broad SMARTS) is 1.